The standard InChI is InChI=1S/C15H18N2O8/c1-23-12-6-10(11(17(21)22)7-13(12)24-2)15(20)16-3-4-25-9(8-16)5-14(18)19/h6-7,9H,3-5,8H2,1-2H3,(H,18,19). The monoisotopic (exact) mass is 354 g/mol. The molecule has 0 radical (unpaired) electrons. The first kappa shape index (κ1) is 18.5. The van der Waals surface area contributed by atoms with Crippen LogP contribution >= 0.6 is 0 Å². The zero-order chi connectivity index (χ0) is 18.6. The van der Waals surface area contributed by atoms with Gasteiger partial charge in [-0.3, -0.25) is 19.7 Å². The van der Waals surface area contributed by atoms with E-state index in [1.807, 2.05) is 0 Å². The number of ether oxygens (including phenoxy) is 3. The van der Waals surface area contributed by atoms with Crippen LogP contribution in [-0.4, -0.2) is 66.8 Å². The number of amides is 1. The zero-order valence-corrected chi connectivity index (χ0v) is 13.8. The van der Waals surface area contributed by atoms with Crippen molar-refractivity contribution in [3.8, 4) is 11.5 Å². The van der Waals surface area contributed by atoms with E-state index in [1.54, 1.807) is 0 Å². The first-order valence-electron chi connectivity index (χ1n) is 7.40. The Labute approximate surface area is 143 Å². The van der Waals surface area contributed by atoms with Crippen LogP contribution in [0.5, 0.6) is 11.5 Å². The summed E-state index contributed by atoms with van der Waals surface area (Å²) in [4.78, 5) is 35.5. The van der Waals surface area contributed by atoms with Crippen LogP contribution in [0.1, 0.15) is 16.8 Å². The van der Waals surface area contributed by atoms with E-state index >= 15 is 0 Å². The number of methoxy groups -OCH3 is 2. The van der Waals surface area contributed by atoms with Crippen LogP contribution in [-0.2, 0) is 9.53 Å². The number of carbonyl (C=O) groups excluding carboxylic acids is 1. The molecule has 1 heterocycles. The molecule has 10 heteroatoms. The van der Waals surface area contributed by atoms with Gasteiger partial charge in [0.1, 0.15) is 5.56 Å². The van der Waals surface area contributed by atoms with Gasteiger partial charge in [0.15, 0.2) is 11.5 Å². The molecule has 1 amide bonds. The van der Waals surface area contributed by atoms with E-state index in [2.05, 4.69) is 0 Å². The van der Waals surface area contributed by atoms with Crippen LogP contribution in [0.4, 0.5) is 5.69 Å². The van der Waals surface area contributed by atoms with Crippen LogP contribution in [0.2, 0.25) is 0 Å². The molecule has 1 unspecified atom stereocenters. The lowest BCUT2D eigenvalue weighted by Gasteiger charge is -2.32. The number of hydrogen-bond acceptors (Lipinski definition) is 7. The highest BCUT2D eigenvalue weighted by Crippen LogP contribution is 2.35. The maximum atomic E-state index is 12.7. The molecule has 136 valence electrons. The number of nitrogens with zero attached hydrogens (tertiary/aromatic N) is 2. The summed E-state index contributed by atoms with van der Waals surface area (Å²) in [6.07, 6.45) is -0.910. The second kappa shape index (κ2) is 7.79. The number of nitro groups is 1. The van der Waals surface area contributed by atoms with Gasteiger partial charge in [0.05, 0.1) is 44.3 Å². The Morgan fingerprint density at radius 2 is 2.00 bits per heavy atom. The number of hydrogen-bond donors (Lipinski definition) is 1. The van der Waals surface area contributed by atoms with Crippen molar-refractivity contribution in [2.45, 2.75) is 12.5 Å². The van der Waals surface area contributed by atoms with E-state index in [0.29, 0.717) is 0 Å². The van der Waals surface area contributed by atoms with Crippen molar-refractivity contribution in [2.24, 2.45) is 0 Å². The third kappa shape index (κ3) is 4.15. The summed E-state index contributed by atoms with van der Waals surface area (Å²) >= 11 is 0. The smallest absolute Gasteiger partial charge is 0.306 e. The molecule has 10 nitrogen and oxygen atoms in total. The average Bonchev–Trinajstić information content (AvgIpc) is 2.59. The Morgan fingerprint density at radius 3 is 2.56 bits per heavy atom. The molecular weight excluding hydrogens is 336 g/mol. The molecule has 1 atom stereocenters. The molecule has 1 N–H and O–H groups in total. The Kier molecular flexibility index (Phi) is 5.75. The number of carboxylic acid groups (broad SMARTS) is 1. The number of nitro benzene ring substituents is 1. The predicted molar refractivity (Wildman–Crippen MR) is 84.1 cm³/mol. The molecule has 1 saturated heterocycles. The molecule has 1 aromatic carbocycles. The van der Waals surface area contributed by atoms with Crippen molar-refractivity contribution < 1.29 is 33.8 Å². The van der Waals surface area contributed by atoms with Gasteiger partial charge in [-0.05, 0) is 0 Å². The van der Waals surface area contributed by atoms with Gasteiger partial charge in [-0.1, -0.05) is 0 Å². The highest BCUT2D eigenvalue weighted by molar-refractivity contribution is 5.99. The van der Waals surface area contributed by atoms with E-state index in [4.69, 9.17) is 19.3 Å². The normalized spacial score (nSPS) is 17.0. The fourth-order valence-corrected chi connectivity index (χ4v) is 2.58. The van der Waals surface area contributed by atoms with E-state index in [1.165, 1.54) is 25.2 Å². The first-order chi connectivity index (χ1) is 11.9. The topological polar surface area (TPSA) is 128 Å². The molecule has 0 aromatic heterocycles. The summed E-state index contributed by atoms with van der Waals surface area (Å²) < 4.78 is 15.4. The number of aliphatic carboxylic acids is 1. The minimum atomic E-state index is -1.05. The average molecular weight is 354 g/mol. The molecule has 0 aliphatic carbocycles. The minimum Gasteiger partial charge on any atom is -0.493 e. The van der Waals surface area contributed by atoms with E-state index in [9.17, 15) is 19.7 Å². The maximum absolute atomic E-state index is 12.7. The van der Waals surface area contributed by atoms with Crippen LogP contribution in [0.15, 0.2) is 12.1 Å². The van der Waals surface area contributed by atoms with E-state index in [-0.39, 0.29) is 43.2 Å². The molecule has 25 heavy (non-hydrogen) atoms. The SMILES string of the molecule is COc1cc(C(=O)N2CCOC(CC(=O)O)C2)c([N+](=O)[O-])cc1OC. The van der Waals surface area contributed by atoms with Crippen molar-refractivity contribution in [3.63, 3.8) is 0 Å². The van der Waals surface area contributed by atoms with Crippen LogP contribution in [0.3, 0.4) is 0 Å². The molecule has 0 spiro atoms. The van der Waals surface area contributed by atoms with Gasteiger partial charge in [0.25, 0.3) is 11.6 Å². The largest absolute Gasteiger partial charge is 0.493 e. The van der Waals surface area contributed by atoms with Crippen molar-refractivity contribution in [1.82, 2.24) is 4.90 Å². The molecule has 1 fully saturated rings. The Balaban J connectivity index is 2.34. The number of rotatable bonds is 6. The van der Waals surface area contributed by atoms with Crippen molar-refractivity contribution in [3.05, 3.63) is 27.8 Å². The second-order valence-corrected chi connectivity index (χ2v) is 5.32. The number of carboxylic acids is 1. The summed E-state index contributed by atoms with van der Waals surface area (Å²) in [6, 6.07) is 2.38. The number of carbonyl (C=O) groups is 2. The maximum Gasteiger partial charge on any atom is 0.306 e. The Morgan fingerprint density at radius 1 is 1.36 bits per heavy atom. The third-order valence-electron chi connectivity index (χ3n) is 3.76. The van der Waals surface area contributed by atoms with Crippen molar-refractivity contribution in [2.75, 3.05) is 33.9 Å². The zero-order valence-electron chi connectivity index (χ0n) is 13.8. The predicted octanol–water partition coefficient (Wildman–Crippen LogP) is 0.928. The number of morpholine rings is 1. The van der Waals surface area contributed by atoms with Gasteiger partial charge in [0, 0.05) is 19.2 Å². The van der Waals surface area contributed by atoms with Gasteiger partial charge < -0.3 is 24.2 Å². The van der Waals surface area contributed by atoms with Crippen molar-refractivity contribution >= 4 is 17.6 Å². The third-order valence-corrected chi connectivity index (χ3v) is 3.76. The van der Waals surface area contributed by atoms with Crippen LogP contribution in [0.25, 0.3) is 0 Å². The minimum absolute atomic E-state index is 0.0383. The molecule has 0 saturated carbocycles. The summed E-state index contributed by atoms with van der Waals surface area (Å²) in [5.74, 6) is -1.31. The fourth-order valence-electron chi connectivity index (χ4n) is 2.58. The quantitative estimate of drug-likeness (QED) is 0.590. The molecule has 0 bridgehead atoms. The van der Waals surface area contributed by atoms with Crippen molar-refractivity contribution in [1.29, 1.82) is 0 Å². The lowest BCUT2D eigenvalue weighted by Crippen LogP contribution is -2.46. The Hall–Kier alpha value is -2.88. The lowest BCUT2D eigenvalue weighted by atomic mass is 10.1. The molecular formula is C15H18N2O8. The fraction of sp³-hybridized carbons (Fsp3) is 0.467. The molecule has 1 aliphatic heterocycles. The molecule has 1 aromatic rings. The summed E-state index contributed by atoms with van der Waals surface area (Å²) in [5.41, 5.74) is -0.567. The highest BCUT2D eigenvalue weighted by atomic mass is 16.6. The summed E-state index contributed by atoms with van der Waals surface area (Å²) in [6.45, 7) is 0.405. The summed E-state index contributed by atoms with van der Waals surface area (Å²) in [5, 5.41) is 20.2. The van der Waals surface area contributed by atoms with Gasteiger partial charge in [-0.15, -0.1) is 0 Å². The highest BCUT2D eigenvalue weighted by Gasteiger charge is 2.31. The first-order valence-corrected chi connectivity index (χ1v) is 7.40. The van der Waals surface area contributed by atoms with Gasteiger partial charge in [0.2, 0.25) is 0 Å². The van der Waals surface area contributed by atoms with Gasteiger partial charge >= 0.3 is 5.97 Å². The lowest BCUT2D eigenvalue weighted by molar-refractivity contribution is -0.385. The Bertz CT molecular complexity index is 690. The van der Waals surface area contributed by atoms with E-state index < -0.39 is 28.6 Å². The molecule has 1 aliphatic rings. The molecule has 2 rings (SSSR count). The van der Waals surface area contributed by atoms with Crippen LogP contribution in [0, 0.1) is 10.1 Å². The van der Waals surface area contributed by atoms with Crippen LogP contribution < -0.4 is 9.47 Å². The van der Waals surface area contributed by atoms with E-state index in [0.717, 1.165) is 6.07 Å². The van der Waals surface area contributed by atoms with Gasteiger partial charge in [-0.2, -0.15) is 0 Å². The number of benzene rings is 1. The second-order valence-electron chi connectivity index (χ2n) is 5.32. The van der Waals surface area contributed by atoms with Gasteiger partial charge in [-0.25, -0.2) is 0 Å². The summed E-state index contributed by atoms with van der Waals surface area (Å²) in [7, 11) is 2.69.